The molecular formula is C5H11BrF2N2. The molecule has 5 heteroatoms. The molecule has 1 heterocycles. The molecule has 0 atom stereocenters. The average Bonchev–Trinajstić information content (AvgIpc) is 1.92. The van der Waals surface area contributed by atoms with E-state index in [0.29, 0.717) is 13.1 Å². The van der Waals surface area contributed by atoms with Gasteiger partial charge in [0.2, 0.25) is 0 Å². The summed E-state index contributed by atoms with van der Waals surface area (Å²) in [5, 5.41) is 5.25. The van der Waals surface area contributed by atoms with Gasteiger partial charge in [0, 0.05) is 13.1 Å². The second-order valence-electron chi connectivity index (χ2n) is 2.21. The molecule has 0 aromatic carbocycles. The molecule has 0 aliphatic carbocycles. The van der Waals surface area contributed by atoms with Gasteiger partial charge in [0.15, 0.2) is 0 Å². The molecule has 1 aliphatic heterocycles. The summed E-state index contributed by atoms with van der Waals surface area (Å²) in [6, 6.07) is 0. The Hall–Kier alpha value is 0.260. The zero-order chi connectivity index (χ0) is 6.74. The summed E-state index contributed by atoms with van der Waals surface area (Å²) in [7, 11) is 0. The minimum atomic E-state index is -2.56. The quantitative estimate of drug-likeness (QED) is 0.613. The van der Waals surface area contributed by atoms with Crippen LogP contribution in [0, 0.1) is 0 Å². The lowest BCUT2D eigenvalue weighted by molar-refractivity contribution is 0.0104. The predicted molar refractivity (Wildman–Crippen MR) is 41.0 cm³/mol. The zero-order valence-electron chi connectivity index (χ0n) is 5.49. The molecule has 0 bridgehead atoms. The van der Waals surface area contributed by atoms with Crippen LogP contribution in [-0.4, -0.2) is 32.1 Å². The van der Waals surface area contributed by atoms with Crippen molar-refractivity contribution in [1.82, 2.24) is 10.6 Å². The highest BCUT2D eigenvalue weighted by atomic mass is 79.9. The van der Waals surface area contributed by atoms with Crippen LogP contribution in [0.2, 0.25) is 0 Å². The van der Waals surface area contributed by atoms with Gasteiger partial charge < -0.3 is 10.6 Å². The molecule has 62 valence electrons. The van der Waals surface area contributed by atoms with Gasteiger partial charge >= 0.3 is 0 Å². The summed E-state index contributed by atoms with van der Waals surface area (Å²) < 4.78 is 24.7. The van der Waals surface area contributed by atoms with E-state index in [0.717, 1.165) is 0 Å². The fourth-order valence-corrected chi connectivity index (χ4v) is 0.782. The van der Waals surface area contributed by atoms with E-state index in [1.165, 1.54) is 0 Å². The van der Waals surface area contributed by atoms with E-state index < -0.39 is 5.92 Å². The van der Waals surface area contributed by atoms with Crippen molar-refractivity contribution in [3.05, 3.63) is 0 Å². The first-order valence-electron chi connectivity index (χ1n) is 3.00. The third-order valence-electron chi connectivity index (χ3n) is 1.25. The van der Waals surface area contributed by atoms with Crippen LogP contribution in [0.15, 0.2) is 0 Å². The topological polar surface area (TPSA) is 24.1 Å². The standard InChI is InChI=1S/C5H10F2N2.BrH/c6-5(7)3-8-1-2-9-4-5;/h8-9H,1-4H2;1H. The Balaban J connectivity index is 0.000000810. The van der Waals surface area contributed by atoms with Crippen molar-refractivity contribution < 1.29 is 8.78 Å². The van der Waals surface area contributed by atoms with E-state index in [1.807, 2.05) is 0 Å². The van der Waals surface area contributed by atoms with Gasteiger partial charge in [-0.1, -0.05) is 0 Å². The van der Waals surface area contributed by atoms with Gasteiger partial charge in [0.1, 0.15) is 0 Å². The molecule has 2 N–H and O–H groups in total. The normalized spacial score (nSPS) is 24.6. The van der Waals surface area contributed by atoms with Crippen molar-refractivity contribution in [3.63, 3.8) is 0 Å². The van der Waals surface area contributed by atoms with Gasteiger partial charge in [0.05, 0.1) is 13.1 Å². The van der Waals surface area contributed by atoms with Crippen molar-refractivity contribution in [2.75, 3.05) is 26.2 Å². The van der Waals surface area contributed by atoms with Gasteiger partial charge in [0.25, 0.3) is 5.92 Å². The third-order valence-corrected chi connectivity index (χ3v) is 1.25. The summed E-state index contributed by atoms with van der Waals surface area (Å²) in [5.74, 6) is -2.56. The first-order chi connectivity index (χ1) is 4.21. The van der Waals surface area contributed by atoms with Crippen LogP contribution in [0.4, 0.5) is 8.78 Å². The fourth-order valence-electron chi connectivity index (χ4n) is 0.782. The van der Waals surface area contributed by atoms with E-state index in [4.69, 9.17) is 0 Å². The maximum absolute atomic E-state index is 12.3. The molecule has 0 unspecified atom stereocenters. The Bertz CT molecular complexity index is 89.6. The number of hydrogen-bond donors (Lipinski definition) is 2. The summed E-state index contributed by atoms with van der Waals surface area (Å²) >= 11 is 0. The Morgan fingerprint density at radius 3 is 1.80 bits per heavy atom. The van der Waals surface area contributed by atoms with Crippen molar-refractivity contribution >= 4 is 17.0 Å². The lowest BCUT2D eigenvalue weighted by atomic mass is 10.3. The molecule has 2 nitrogen and oxygen atoms in total. The SMILES string of the molecule is Br.FC1(F)CNCCNC1. The molecule has 1 saturated heterocycles. The lowest BCUT2D eigenvalue weighted by Gasteiger charge is -2.11. The van der Waals surface area contributed by atoms with Crippen LogP contribution in [0.5, 0.6) is 0 Å². The number of hydrogen-bond acceptors (Lipinski definition) is 2. The second-order valence-corrected chi connectivity index (χ2v) is 2.21. The van der Waals surface area contributed by atoms with E-state index in [-0.39, 0.29) is 30.1 Å². The highest BCUT2D eigenvalue weighted by Crippen LogP contribution is 2.10. The Morgan fingerprint density at radius 2 is 1.40 bits per heavy atom. The molecule has 0 radical (unpaired) electrons. The molecule has 0 spiro atoms. The summed E-state index contributed by atoms with van der Waals surface area (Å²) in [6.45, 7) is 0.880. The lowest BCUT2D eigenvalue weighted by Crippen LogP contribution is -2.35. The van der Waals surface area contributed by atoms with Crippen molar-refractivity contribution in [3.8, 4) is 0 Å². The number of rotatable bonds is 0. The van der Waals surface area contributed by atoms with Crippen LogP contribution in [-0.2, 0) is 0 Å². The molecular weight excluding hydrogens is 206 g/mol. The van der Waals surface area contributed by atoms with E-state index in [2.05, 4.69) is 10.6 Å². The molecule has 1 aliphatic rings. The highest BCUT2D eigenvalue weighted by Gasteiger charge is 2.28. The van der Waals surface area contributed by atoms with Crippen LogP contribution >= 0.6 is 17.0 Å². The van der Waals surface area contributed by atoms with Crippen molar-refractivity contribution in [2.24, 2.45) is 0 Å². The van der Waals surface area contributed by atoms with Crippen LogP contribution < -0.4 is 10.6 Å². The zero-order valence-corrected chi connectivity index (χ0v) is 7.21. The largest absolute Gasteiger partial charge is 0.310 e. The van der Waals surface area contributed by atoms with Gasteiger partial charge in [-0.3, -0.25) is 0 Å². The summed E-state index contributed by atoms with van der Waals surface area (Å²) in [5.41, 5.74) is 0. The Morgan fingerprint density at radius 1 is 1.00 bits per heavy atom. The minimum absolute atomic E-state index is 0. The van der Waals surface area contributed by atoms with Crippen molar-refractivity contribution in [2.45, 2.75) is 5.92 Å². The number of alkyl halides is 2. The van der Waals surface area contributed by atoms with E-state index in [9.17, 15) is 8.78 Å². The first-order valence-corrected chi connectivity index (χ1v) is 3.00. The van der Waals surface area contributed by atoms with Crippen molar-refractivity contribution in [1.29, 1.82) is 0 Å². The fraction of sp³-hybridized carbons (Fsp3) is 1.00. The monoisotopic (exact) mass is 216 g/mol. The number of nitrogens with one attached hydrogen (secondary N) is 2. The van der Waals surface area contributed by atoms with Gasteiger partial charge in [-0.05, 0) is 0 Å². The van der Waals surface area contributed by atoms with Gasteiger partial charge in [-0.15, -0.1) is 17.0 Å². The molecule has 1 fully saturated rings. The first kappa shape index (κ1) is 10.3. The van der Waals surface area contributed by atoms with Crippen LogP contribution in [0.3, 0.4) is 0 Å². The molecule has 0 aromatic heterocycles. The predicted octanol–water partition coefficient (Wildman–Crippen LogP) is 0.392. The number of halogens is 3. The smallest absolute Gasteiger partial charge is 0.272 e. The van der Waals surface area contributed by atoms with Gasteiger partial charge in [-0.25, -0.2) is 8.78 Å². The van der Waals surface area contributed by atoms with Gasteiger partial charge in [-0.2, -0.15) is 0 Å². The third kappa shape index (κ3) is 3.43. The second kappa shape index (κ2) is 4.20. The van der Waals surface area contributed by atoms with E-state index >= 15 is 0 Å². The Labute approximate surface area is 69.1 Å². The maximum Gasteiger partial charge on any atom is 0.272 e. The minimum Gasteiger partial charge on any atom is -0.310 e. The molecule has 10 heavy (non-hydrogen) atoms. The van der Waals surface area contributed by atoms with E-state index in [1.54, 1.807) is 0 Å². The summed E-state index contributed by atoms with van der Waals surface area (Å²) in [6.07, 6.45) is 0. The average molecular weight is 217 g/mol. The summed E-state index contributed by atoms with van der Waals surface area (Å²) in [4.78, 5) is 0. The Kier molecular flexibility index (Phi) is 4.31. The molecule has 0 amide bonds. The molecule has 0 saturated carbocycles. The van der Waals surface area contributed by atoms with Crippen LogP contribution in [0.25, 0.3) is 0 Å². The molecule has 0 aromatic rings. The van der Waals surface area contributed by atoms with Crippen LogP contribution in [0.1, 0.15) is 0 Å². The molecule has 1 rings (SSSR count). The highest BCUT2D eigenvalue weighted by molar-refractivity contribution is 8.93. The maximum atomic E-state index is 12.3.